The number of carbonyl (C=O) groups excluding carboxylic acids is 2. The van der Waals surface area contributed by atoms with Gasteiger partial charge in [-0.2, -0.15) is 0 Å². The predicted octanol–water partition coefficient (Wildman–Crippen LogP) is 4.30. The van der Waals surface area contributed by atoms with E-state index < -0.39 is 0 Å². The van der Waals surface area contributed by atoms with E-state index in [4.69, 9.17) is 4.42 Å². The Morgan fingerprint density at radius 1 is 0.941 bits per heavy atom. The molecule has 5 fully saturated rings. The zero-order valence-electron chi connectivity index (χ0n) is 19.5. The second kappa shape index (κ2) is 8.51. The fraction of sp³-hybridized carbons (Fsp3) is 0.593. The van der Waals surface area contributed by atoms with Crippen LogP contribution in [-0.4, -0.2) is 52.8 Å². The Balaban J connectivity index is 1.00. The van der Waals surface area contributed by atoms with Crippen LogP contribution in [0, 0.1) is 29.0 Å². The van der Waals surface area contributed by atoms with Gasteiger partial charge in [-0.05, 0) is 80.5 Å². The number of aromatic nitrogens is 1. The fourth-order valence-corrected chi connectivity index (χ4v) is 7.41. The smallest absolute Gasteiger partial charge is 0.228 e. The van der Waals surface area contributed by atoms with Gasteiger partial charge in [-0.15, -0.1) is 0 Å². The van der Waals surface area contributed by atoms with Crippen LogP contribution in [0.25, 0.3) is 11.3 Å². The lowest BCUT2D eigenvalue weighted by Gasteiger charge is -2.57. The van der Waals surface area contributed by atoms with Crippen molar-refractivity contribution in [2.24, 2.45) is 23.2 Å². The van der Waals surface area contributed by atoms with Crippen LogP contribution in [0.5, 0.6) is 0 Å². The molecule has 5 aliphatic rings. The molecule has 4 bridgehead atoms. The summed E-state index contributed by atoms with van der Waals surface area (Å²) in [5.41, 5.74) is 0.653. The van der Waals surface area contributed by atoms with Crippen LogP contribution in [0.2, 0.25) is 0 Å². The van der Waals surface area contributed by atoms with Gasteiger partial charge in [-0.25, -0.2) is 9.37 Å². The molecule has 2 amide bonds. The van der Waals surface area contributed by atoms with Crippen LogP contribution in [0.3, 0.4) is 0 Å². The first-order valence-electron chi connectivity index (χ1n) is 12.8. The number of halogens is 1. The highest BCUT2D eigenvalue weighted by Crippen LogP contribution is 2.60. The minimum absolute atomic E-state index is 0.0726. The first-order chi connectivity index (χ1) is 16.5. The molecular formula is C27H32FN3O3. The second-order valence-electron chi connectivity index (χ2n) is 11.0. The molecule has 2 aromatic rings. The average Bonchev–Trinajstić information content (AvgIpc) is 3.31. The highest BCUT2D eigenvalue weighted by molar-refractivity contribution is 5.84. The fourth-order valence-electron chi connectivity index (χ4n) is 7.41. The van der Waals surface area contributed by atoms with E-state index in [0.29, 0.717) is 56.6 Å². The summed E-state index contributed by atoms with van der Waals surface area (Å²) >= 11 is 0. The molecule has 7 heteroatoms. The molecule has 1 aliphatic heterocycles. The zero-order chi connectivity index (χ0) is 23.3. The third-order valence-electron chi connectivity index (χ3n) is 8.65. The van der Waals surface area contributed by atoms with Crippen molar-refractivity contribution < 1.29 is 18.4 Å². The molecule has 4 aliphatic carbocycles. The molecule has 4 saturated carbocycles. The Morgan fingerprint density at radius 2 is 1.53 bits per heavy atom. The van der Waals surface area contributed by atoms with E-state index in [9.17, 15) is 14.0 Å². The van der Waals surface area contributed by atoms with Crippen molar-refractivity contribution in [3.05, 3.63) is 42.2 Å². The quantitative estimate of drug-likeness (QED) is 0.660. The minimum Gasteiger partial charge on any atom is -0.441 e. The number of oxazole rings is 1. The maximum Gasteiger partial charge on any atom is 0.228 e. The van der Waals surface area contributed by atoms with E-state index in [1.165, 1.54) is 31.4 Å². The van der Waals surface area contributed by atoms with E-state index in [-0.39, 0.29) is 17.1 Å². The van der Waals surface area contributed by atoms with Gasteiger partial charge in [0.2, 0.25) is 11.8 Å². The van der Waals surface area contributed by atoms with Crippen LogP contribution in [0.4, 0.5) is 4.39 Å². The van der Waals surface area contributed by atoms with E-state index in [1.807, 2.05) is 9.80 Å². The van der Waals surface area contributed by atoms with Gasteiger partial charge in [0, 0.05) is 44.6 Å². The lowest BCUT2D eigenvalue weighted by atomic mass is 9.49. The minimum atomic E-state index is -0.297. The van der Waals surface area contributed by atoms with Crippen LogP contribution >= 0.6 is 0 Å². The van der Waals surface area contributed by atoms with Gasteiger partial charge < -0.3 is 14.2 Å². The average molecular weight is 466 g/mol. The van der Waals surface area contributed by atoms with Gasteiger partial charge in [0.25, 0.3) is 0 Å². The molecule has 2 heterocycles. The molecule has 0 N–H and O–H groups in total. The number of nitrogens with zero attached hydrogens (tertiary/aromatic N) is 3. The van der Waals surface area contributed by atoms with Gasteiger partial charge in [0.1, 0.15) is 5.82 Å². The number of aryl methyl sites for hydroxylation is 1. The number of piperazine rings is 1. The summed E-state index contributed by atoms with van der Waals surface area (Å²) in [5, 5.41) is 0. The Labute approximate surface area is 199 Å². The number of hydrogen-bond donors (Lipinski definition) is 0. The number of rotatable bonds is 5. The van der Waals surface area contributed by atoms with Crippen LogP contribution < -0.4 is 0 Å². The molecule has 7 rings (SSSR count). The highest BCUT2D eigenvalue weighted by atomic mass is 19.1. The Bertz CT molecular complexity index is 1040. The Kier molecular flexibility index (Phi) is 5.46. The molecule has 1 aromatic heterocycles. The lowest BCUT2D eigenvalue weighted by molar-refractivity contribution is -0.160. The number of carbonyl (C=O) groups is 2. The number of benzene rings is 1. The molecule has 1 aromatic carbocycles. The molecule has 34 heavy (non-hydrogen) atoms. The van der Waals surface area contributed by atoms with E-state index in [2.05, 4.69) is 4.98 Å². The Hall–Kier alpha value is -2.70. The van der Waals surface area contributed by atoms with E-state index in [0.717, 1.165) is 42.6 Å². The molecular weight excluding hydrogens is 433 g/mol. The van der Waals surface area contributed by atoms with Gasteiger partial charge in [-0.1, -0.05) is 0 Å². The molecule has 0 radical (unpaired) electrons. The van der Waals surface area contributed by atoms with Crippen molar-refractivity contribution >= 4 is 11.8 Å². The van der Waals surface area contributed by atoms with Crippen LogP contribution in [0.15, 0.2) is 34.9 Å². The summed E-state index contributed by atoms with van der Waals surface area (Å²) in [7, 11) is 0. The van der Waals surface area contributed by atoms with E-state index >= 15 is 0 Å². The van der Waals surface area contributed by atoms with E-state index in [1.54, 1.807) is 18.3 Å². The van der Waals surface area contributed by atoms with Gasteiger partial charge in [0.15, 0.2) is 11.7 Å². The SMILES string of the molecule is O=C(CCc1ncc(-c2ccc(F)cc2)o1)N1CCN(C(=O)C23CC4CC(CC(C4)C2)C3)CC1. The number of amides is 2. The summed E-state index contributed by atoms with van der Waals surface area (Å²) in [6.07, 6.45) is 9.65. The third-order valence-corrected chi connectivity index (χ3v) is 8.65. The molecule has 180 valence electrons. The largest absolute Gasteiger partial charge is 0.441 e. The molecule has 0 unspecified atom stereocenters. The summed E-state index contributed by atoms with van der Waals surface area (Å²) in [6.45, 7) is 2.48. The van der Waals surface area contributed by atoms with Crippen LogP contribution in [0.1, 0.15) is 50.8 Å². The first kappa shape index (κ1) is 21.8. The van der Waals surface area contributed by atoms with Gasteiger partial charge in [-0.3, -0.25) is 9.59 Å². The summed E-state index contributed by atoms with van der Waals surface area (Å²) < 4.78 is 18.9. The molecule has 0 atom stereocenters. The third kappa shape index (κ3) is 4.03. The lowest BCUT2D eigenvalue weighted by Crippen LogP contribution is -2.58. The number of hydrogen-bond acceptors (Lipinski definition) is 4. The zero-order valence-corrected chi connectivity index (χ0v) is 19.5. The van der Waals surface area contributed by atoms with Crippen molar-refractivity contribution in [1.29, 1.82) is 0 Å². The van der Waals surface area contributed by atoms with Crippen molar-refractivity contribution in [2.45, 2.75) is 51.4 Å². The summed E-state index contributed by atoms with van der Waals surface area (Å²) in [4.78, 5) is 34.5. The van der Waals surface area contributed by atoms with Crippen molar-refractivity contribution in [2.75, 3.05) is 26.2 Å². The van der Waals surface area contributed by atoms with Gasteiger partial charge in [0.05, 0.1) is 11.6 Å². The Morgan fingerprint density at radius 3 is 2.15 bits per heavy atom. The summed E-state index contributed by atoms with van der Waals surface area (Å²) in [5.74, 6) is 3.50. The topological polar surface area (TPSA) is 66.7 Å². The van der Waals surface area contributed by atoms with Crippen molar-refractivity contribution in [3.63, 3.8) is 0 Å². The predicted molar refractivity (Wildman–Crippen MR) is 124 cm³/mol. The molecule has 1 saturated heterocycles. The normalized spacial score (nSPS) is 30.1. The monoisotopic (exact) mass is 465 g/mol. The highest BCUT2D eigenvalue weighted by Gasteiger charge is 2.55. The summed E-state index contributed by atoms with van der Waals surface area (Å²) in [6, 6.07) is 6.06. The maximum atomic E-state index is 13.6. The molecule has 6 nitrogen and oxygen atoms in total. The molecule has 0 spiro atoms. The first-order valence-corrected chi connectivity index (χ1v) is 12.8. The van der Waals surface area contributed by atoms with Crippen LogP contribution in [-0.2, 0) is 16.0 Å². The van der Waals surface area contributed by atoms with Crippen molar-refractivity contribution in [3.8, 4) is 11.3 Å². The standard InChI is InChI=1S/C27H32FN3O3/c28-22-3-1-21(2-4-22)23-17-29-24(34-23)5-6-25(32)30-7-9-31(10-8-30)26(33)27-14-18-11-19(15-27)13-20(12-18)16-27/h1-4,17-20H,5-16H2. The van der Waals surface area contributed by atoms with Crippen molar-refractivity contribution in [1.82, 2.24) is 14.8 Å². The maximum absolute atomic E-state index is 13.6. The second-order valence-corrected chi connectivity index (χ2v) is 11.0. The van der Waals surface area contributed by atoms with Gasteiger partial charge >= 0.3 is 0 Å².